The van der Waals surface area contributed by atoms with Crippen molar-refractivity contribution < 1.29 is 14.1 Å². The highest BCUT2D eigenvalue weighted by Crippen LogP contribution is 2.27. The van der Waals surface area contributed by atoms with Crippen molar-refractivity contribution in [2.45, 2.75) is 13.3 Å². The molecule has 6 nitrogen and oxygen atoms in total. The molecule has 19 heavy (non-hydrogen) atoms. The van der Waals surface area contributed by atoms with Crippen LogP contribution in [0.1, 0.15) is 11.7 Å². The number of nitrogens with one attached hydrogen (secondary N) is 1. The zero-order valence-electron chi connectivity index (χ0n) is 10.4. The molecule has 0 bridgehead atoms. The van der Waals surface area contributed by atoms with Crippen LogP contribution in [0.5, 0.6) is 5.75 Å². The number of hydrogen-bond acceptors (Lipinski definition) is 5. The van der Waals surface area contributed by atoms with E-state index in [4.69, 9.17) is 20.9 Å². The Morgan fingerprint density at radius 1 is 1.53 bits per heavy atom. The summed E-state index contributed by atoms with van der Waals surface area (Å²) in [4.78, 5) is 15.8. The molecule has 0 spiro atoms. The molecule has 7 heteroatoms. The van der Waals surface area contributed by atoms with Gasteiger partial charge in [0.25, 0.3) is 0 Å². The maximum atomic E-state index is 11.8. The van der Waals surface area contributed by atoms with Crippen molar-refractivity contribution in [3.05, 3.63) is 34.9 Å². The number of ether oxygens (including phenoxy) is 1. The summed E-state index contributed by atoms with van der Waals surface area (Å²) in [5.74, 6) is 0.989. The molecule has 0 radical (unpaired) electrons. The van der Waals surface area contributed by atoms with E-state index in [0.29, 0.717) is 22.3 Å². The van der Waals surface area contributed by atoms with E-state index in [9.17, 15) is 4.79 Å². The van der Waals surface area contributed by atoms with Gasteiger partial charge in [0.15, 0.2) is 5.82 Å². The molecule has 0 aliphatic heterocycles. The molecule has 2 aromatic rings. The molecule has 0 saturated heterocycles. The number of amides is 1. The summed E-state index contributed by atoms with van der Waals surface area (Å²) in [6.07, 6.45) is -0.00346. The monoisotopic (exact) mass is 281 g/mol. The van der Waals surface area contributed by atoms with Gasteiger partial charge in [0.2, 0.25) is 11.8 Å². The Bertz CT molecular complexity index is 598. The van der Waals surface area contributed by atoms with E-state index in [0.717, 1.165) is 0 Å². The Kier molecular flexibility index (Phi) is 4.01. The number of anilines is 1. The van der Waals surface area contributed by atoms with Crippen LogP contribution < -0.4 is 10.1 Å². The Balaban J connectivity index is 2.08. The fraction of sp³-hybridized carbons (Fsp3) is 0.250. The smallest absolute Gasteiger partial charge is 0.236 e. The number of benzene rings is 1. The van der Waals surface area contributed by atoms with Crippen molar-refractivity contribution in [2.75, 3.05) is 12.4 Å². The first-order valence-electron chi connectivity index (χ1n) is 5.51. The largest absolute Gasteiger partial charge is 0.495 e. The van der Waals surface area contributed by atoms with Gasteiger partial charge in [-0.1, -0.05) is 16.8 Å². The Morgan fingerprint density at radius 3 is 2.95 bits per heavy atom. The topological polar surface area (TPSA) is 77.2 Å². The molecular formula is C12H12ClN3O3. The number of nitrogens with zero attached hydrogens (tertiary/aromatic N) is 2. The molecule has 0 fully saturated rings. The Hall–Kier alpha value is -2.08. The lowest BCUT2D eigenvalue weighted by Crippen LogP contribution is -2.15. The predicted molar refractivity (Wildman–Crippen MR) is 69.4 cm³/mol. The zero-order chi connectivity index (χ0) is 13.8. The summed E-state index contributed by atoms with van der Waals surface area (Å²) in [5.41, 5.74) is 0.497. The van der Waals surface area contributed by atoms with Gasteiger partial charge >= 0.3 is 0 Å². The summed E-state index contributed by atoms with van der Waals surface area (Å²) in [7, 11) is 1.51. The van der Waals surface area contributed by atoms with Crippen molar-refractivity contribution in [3.8, 4) is 5.75 Å². The third-order valence-electron chi connectivity index (χ3n) is 2.32. The number of carbonyl (C=O) groups is 1. The number of halogens is 1. The van der Waals surface area contributed by atoms with E-state index < -0.39 is 0 Å². The third kappa shape index (κ3) is 3.45. The van der Waals surface area contributed by atoms with Gasteiger partial charge in [0.05, 0.1) is 12.8 Å². The van der Waals surface area contributed by atoms with E-state index in [1.165, 1.54) is 7.11 Å². The quantitative estimate of drug-likeness (QED) is 0.930. The molecule has 1 aromatic carbocycles. The van der Waals surface area contributed by atoms with E-state index in [1.807, 2.05) is 0 Å². The van der Waals surface area contributed by atoms with Crippen LogP contribution in [0.3, 0.4) is 0 Å². The van der Waals surface area contributed by atoms with E-state index in [1.54, 1.807) is 25.1 Å². The molecule has 100 valence electrons. The molecule has 1 amide bonds. The summed E-state index contributed by atoms with van der Waals surface area (Å²) in [6.45, 7) is 1.69. The summed E-state index contributed by atoms with van der Waals surface area (Å²) >= 11 is 5.87. The van der Waals surface area contributed by atoms with Crippen LogP contribution in [-0.2, 0) is 11.2 Å². The van der Waals surface area contributed by atoms with Crippen LogP contribution in [0.4, 0.5) is 5.69 Å². The highest BCUT2D eigenvalue weighted by atomic mass is 35.5. The molecular weight excluding hydrogens is 270 g/mol. The second-order valence-corrected chi connectivity index (χ2v) is 4.24. The van der Waals surface area contributed by atoms with Crippen molar-refractivity contribution in [1.29, 1.82) is 0 Å². The van der Waals surface area contributed by atoms with Gasteiger partial charge in [-0.05, 0) is 25.1 Å². The summed E-state index contributed by atoms with van der Waals surface area (Å²) < 4.78 is 10.0. The van der Waals surface area contributed by atoms with Crippen LogP contribution in [-0.4, -0.2) is 23.2 Å². The van der Waals surface area contributed by atoms with Crippen LogP contribution in [0.2, 0.25) is 5.02 Å². The van der Waals surface area contributed by atoms with Gasteiger partial charge in [-0.15, -0.1) is 0 Å². The normalized spacial score (nSPS) is 10.3. The van der Waals surface area contributed by atoms with Gasteiger partial charge < -0.3 is 14.6 Å². The average molecular weight is 282 g/mol. The van der Waals surface area contributed by atoms with Crippen molar-refractivity contribution >= 4 is 23.2 Å². The molecule has 0 aliphatic rings. The lowest BCUT2D eigenvalue weighted by Gasteiger charge is -2.09. The minimum Gasteiger partial charge on any atom is -0.495 e. The van der Waals surface area contributed by atoms with Crippen LogP contribution in [0, 0.1) is 6.92 Å². The second kappa shape index (κ2) is 5.71. The minimum absolute atomic E-state index is 0.00346. The third-order valence-corrected chi connectivity index (χ3v) is 2.55. The average Bonchev–Trinajstić information content (AvgIpc) is 2.75. The first-order chi connectivity index (χ1) is 9.08. The molecule has 0 saturated carbocycles. The molecule has 1 aromatic heterocycles. The molecule has 1 heterocycles. The molecule has 0 unspecified atom stereocenters. The van der Waals surface area contributed by atoms with Gasteiger partial charge in [-0.2, -0.15) is 4.98 Å². The Labute approximate surface area is 114 Å². The molecule has 2 rings (SSSR count). The van der Waals surface area contributed by atoms with Crippen LogP contribution in [0.25, 0.3) is 0 Å². The van der Waals surface area contributed by atoms with Gasteiger partial charge in [-0.3, -0.25) is 4.79 Å². The van der Waals surface area contributed by atoms with Crippen molar-refractivity contribution in [1.82, 2.24) is 10.1 Å². The lowest BCUT2D eigenvalue weighted by molar-refractivity contribution is -0.115. The first-order valence-corrected chi connectivity index (χ1v) is 5.89. The van der Waals surface area contributed by atoms with E-state index >= 15 is 0 Å². The van der Waals surface area contributed by atoms with E-state index in [2.05, 4.69) is 15.5 Å². The van der Waals surface area contributed by atoms with Crippen LogP contribution in [0.15, 0.2) is 22.7 Å². The number of hydrogen-bond donors (Lipinski definition) is 1. The zero-order valence-corrected chi connectivity index (χ0v) is 11.2. The van der Waals surface area contributed by atoms with Crippen LogP contribution >= 0.6 is 11.6 Å². The van der Waals surface area contributed by atoms with Gasteiger partial charge in [0, 0.05) is 5.02 Å². The molecule has 0 aliphatic carbocycles. The second-order valence-electron chi connectivity index (χ2n) is 3.80. The first kappa shape index (κ1) is 13.4. The summed E-state index contributed by atoms with van der Waals surface area (Å²) in [5, 5.41) is 6.80. The number of aromatic nitrogens is 2. The number of aryl methyl sites for hydroxylation is 1. The standard InChI is InChI=1S/C12H12ClN3O3/c1-7-14-12(19-16-7)6-11(17)15-9-5-8(13)3-4-10(9)18-2/h3-5H,6H2,1-2H3,(H,15,17). The van der Waals surface area contributed by atoms with Gasteiger partial charge in [0.1, 0.15) is 12.2 Å². The fourth-order valence-corrected chi connectivity index (χ4v) is 1.69. The van der Waals surface area contributed by atoms with E-state index in [-0.39, 0.29) is 18.2 Å². The number of carbonyl (C=O) groups excluding carboxylic acids is 1. The van der Waals surface area contributed by atoms with Gasteiger partial charge in [-0.25, -0.2) is 0 Å². The lowest BCUT2D eigenvalue weighted by atomic mass is 10.2. The van der Waals surface area contributed by atoms with Crippen molar-refractivity contribution in [2.24, 2.45) is 0 Å². The number of rotatable bonds is 4. The maximum Gasteiger partial charge on any atom is 0.236 e. The number of methoxy groups -OCH3 is 1. The fourth-order valence-electron chi connectivity index (χ4n) is 1.52. The summed E-state index contributed by atoms with van der Waals surface area (Å²) in [6, 6.07) is 4.96. The molecule has 0 atom stereocenters. The highest BCUT2D eigenvalue weighted by molar-refractivity contribution is 6.31. The minimum atomic E-state index is -0.288. The predicted octanol–water partition coefficient (Wildman–Crippen LogP) is 2.22. The highest BCUT2D eigenvalue weighted by Gasteiger charge is 2.12. The van der Waals surface area contributed by atoms with Crippen molar-refractivity contribution in [3.63, 3.8) is 0 Å². The SMILES string of the molecule is COc1ccc(Cl)cc1NC(=O)Cc1nc(C)no1. The Morgan fingerprint density at radius 2 is 2.32 bits per heavy atom. The maximum absolute atomic E-state index is 11.8. The molecule has 1 N–H and O–H groups in total.